The molecule has 0 radical (unpaired) electrons. The molecule has 0 bridgehead atoms. The summed E-state index contributed by atoms with van der Waals surface area (Å²) in [5.74, 6) is 0.281. The van der Waals surface area contributed by atoms with Gasteiger partial charge >= 0.3 is 0 Å². The van der Waals surface area contributed by atoms with E-state index >= 15 is 0 Å². The van der Waals surface area contributed by atoms with E-state index in [-0.39, 0.29) is 11.0 Å². The van der Waals surface area contributed by atoms with Crippen LogP contribution in [0.15, 0.2) is 0 Å². The summed E-state index contributed by atoms with van der Waals surface area (Å²) in [6.07, 6.45) is 30.5. The first-order chi connectivity index (χ1) is 17.5. The molecule has 0 aliphatic carbocycles. The number of hydrogen-bond donors (Lipinski definition) is 1. The Kier molecular flexibility index (Phi) is 34.6. The van der Waals surface area contributed by atoms with E-state index in [0.29, 0.717) is 0 Å². The fourth-order valence-electron chi connectivity index (χ4n) is 4.39. The van der Waals surface area contributed by atoms with Crippen molar-refractivity contribution in [2.75, 3.05) is 6.61 Å². The molecule has 0 fully saturated rings. The SMILES string of the molecule is CCCCCCCCC(CCCCCC)C(O)=S.CCCCCCCCOC(=S)CCCCCCC. The number of aliphatic hydroxyl groups excluding tert-OH is 1. The molecule has 1 N–H and O–H groups in total. The molecular formula is C32H64O2S2. The highest BCUT2D eigenvalue weighted by Gasteiger charge is 2.12. The van der Waals surface area contributed by atoms with Crippen LogP contribution in [0.1, 0.15) is 182 Å². The lowest BCUT2D eigenvalue weighted by molar-refractivity contribution is 0.291. The zero-order valence-electron chi connectivity index (χ0n) is 24.9. The van der Waals surface area contributed by atoms with Crippen LogP contribution in [0.2, 0.25) is 0 Å². The molecule has 0 amide bonds. The molecule has 0 heterocycles. The normalized spacial score (nSPS) is 11.6. The average Bonchev–Trinajstić information content (AvgIpc) is 2.87. The Balaban J connectivity index is 0. The van der Waals surface area contributed by atoms with E-state index in [1.807, 2.05) is 0 Å². The highest BCUT2D eigenvalue weighted by Crippen LogP contribution is 2.19. The predicted molar refractivity (Wildman–Crippen MR) is 171 cm³/mol. The predicted octanol–water partition coefficient (Wildman–Crippen LogP) is 12.3. The van der Waals surface area contributed by atoms with Crippen LogP contribution in [0.25, 0.3) is 0 Å². The van der Waals surface area contributed by atoms with Gasteiger partial charge in [-0.2, -0.15) is 0 Å². The third kappa shape index (κ3) is 31.8. The minimum atomic E-state index is 0.250. The summed E-state index contributed by atoms with van der Waals surface area (Å²) < 4.78 is 5.59. The van der Waals surface area contributed by atoms with Crippen LogP contribution < -0.4 is 0 Å². The van der Waals surface area contributed by atoms with Gasteiger partial charge in [0.15, 0.2) is 10.1 Å². The molecule has 0 saturated carbocycles. The smallest absolute Gasteiger partial charge is 0.159 e. The van der Waals surface area contributed by atoms with Crippen molar-refractivity contribution in [3.8, 4) is 0 Å². The zero-order chi connectivity index (χ0) is 27.1. The molecule has 0 spiro atoms. The molecule has 1 unspecified atom stereocenters. The van der Waals surface area contributed by atoms with Crippen molar-refractivity contribution in [2.24, 2.45) is 5.92 Å². The maximum atomic E-state index is 9.54. The van der Waals surface area contributed by atoms with Gasteiger partial charge in [-0.15, -0.1) is 0 Å². The molecule has 0 aromatic rings. The Morgan fingerprint density at radius 1 is 0.528 bits per heavy atom. The van der Waals surface area contributed by atoms with Gasteiger partial charge in [0.05, 0.1) is 6.61 Å². The zero-order valence-corrected chi connectivity index (χ0v) is 26.6. The Bertz CT molecular complexity index is 451. The van der Waals surface area contributed by atoms with Gasteiger partial charge < -0.3 is 9.84 Å². The molecule has 0 aliphatic rings. The minimum absolute atomic E-state index is 0.250. The van der Waals surface area contributed by atoms with Gasteiger partial charge in [-0.1, -0.05) is 150 Å². The van der Waals surface area contributed by atoms with Crippen LogP contribution >= 0.6 is 24.4 Å². The van der Waals surface area contributed by atoms with E-state index in [0.717, 1.165) is 30.9 Å². The topological polar surface area (TPSA) is 29.5 Å². The molecule has 0 aliphatic heterocycles. The van der Waals surface area contributed by atoms with Crippen molar-refractivity contribution in [1.82, 2.24) is 0 Å². The summed E-state index contributed by atoms with van der Waals surface area (Å²) in [4.78, 5) is 0. The highest BCUT2D eigenvalue weighted by molar-refractivity contribution is 7.80. The van der Waals surface area contributed by atoms with E-state index in [2.05, 4.69) is 27.7 Å². The molecule has 0 rings (SSSR count). The van der Waals surface area contributed by atoms with E-state index in [1.54, 1.807) is 0 Å². The third-order valence-corrected chi connectivity index (χ3v) is 7.56. The average molecular weight is 545 g/mol. The maximum absolute atomic E-state index is 9.54. The number of aliphatic hydroxyl groups is 1. The second-order valence-electron chi connectivity index (χ2n) is 10.6. The fraction of sp³-hybridized carbons (Fsp3) is 0.938. The van der Waals surface area contributed by atoms with Crippen LogP contribution in [-0.2, 0) is 4.74 Å². The maximum Gasteiger partial charge on any atom is 0.159 e. The summed E-state index contributed by atoms with van der Waals surface area (Å²) in [5.41, 5.74) is 0. The standard InChI is InChI=1S/2C16H32OS/c1-3-5-7-9-10-12-14-15(16(17)18)13-11-8-6-4-2;1-3-5-7-9-11-13-15-17-16(18)14-12-10-8-6-4-2/h15H,3-14H2,1-2H3,(H,17,18);3-15H2,1-2H3. The lowest BCUT2D eigenvalue weighted by Crippen LogP contribution is -2.11. The summed E-state index contributed by atoms with van der Waals surface area (Å²) in [6, 6.07) is 0. The molecule has 36 heavy (non-hydrogen) atoms. The van der Waals surface area contributed by atoms with Gasteiger partial charge in [0.2, 0.25) is 0 Å². The molecule has 0 aromatic heterocycles. The largest absolute Gasteiger partial charge is 0.502 e. The van der Waals surface area contributed by atoms with E-state index in [1.165, 1.54) is 135 Å². The van der Waals surface area contributed by atoms with Crippen LogP contribution in [0.5, 0.6) is 0 Å². The lowest BCUT2D eigenvalue weighted by Gasteiger charge is -2.14. The first-order valence-electron chi connectivity index (χ1n) is 15.9. The second kappa shape index (κ2) is 32.8. The summed E-state index contributed by atoms with van der Waals surface area (Å²) in [7, 11) is 0. The Morgan fingerprint density at radius 2 is 0.889 bits per heavy atom. The van der Waals surface area contributed by atoms with Crippen molar-refractivity contribution < 1.29 is 9.84 Å². The summed E-state index contributed by atoms with van der Waals surface area (Å²) >= 11 is 10.2. The van der Waals surface area contributed by atoms with E-state index in [4.69, 9.17) is 29.2 Å². The quantitative estimate of drug-likeness (QED) is 0.0866. The Labute approximate surface area is 238 Å². The van der Waals surface area contributed by atoms with Gasteiger partial charge in [0.25, 0.3) is 0 Å². The van der Waals surface area contributed by atoms with Crippen molar-refractivity contribution in [2.45, 2.75) is 182 Å². The third-order valence-electron chi connectivity index (χ3n) is 6.91. The first kappa shape index (κ1) is 37.9. The molecule has 0 saturated heterocycles. The molecule has 4 heteroatoms. The fourth-order valence-corrected chi connectivity index (χ4v) is 4.86. The Hall–Kier alpha value is -0.220. The van der Waals surface area contributed by atoms with E-state index in [9.17, 15) is 5.11 Å². The number of ether oxygens (including phenoxy) is 1. The lowest BCUT2D eigenvalue weighted by atomic mass is 9.95. The van der Waals surface area contributed by atoms with Crippen molar-refractivity contribution in [3.63, 3.8) is 0 Å². The highest BCUT2D eigenvalue weighted by atomic mass is 32.1. The van der Waals surface area contributed by atoms with Gasteiger partial charge in [-0.25, -0.2) is 0 Å². The summed E-state index contributed by atoms with van der Waals surface area (Å²) in [5, 5.41) is 10.6. The monoisotopic (exact) mass is 544 g/mol. The number of thiocarbonyl (C=S) groups is 2. The van der Waals surface area contributed by atoms with Crippen molar-refractivity contribution in [1.29, 1.82) is 0 Å². The molecular weight excluding hydrogens is 480 g/mol. The second-order valence-corrected chi connectivity index (χ2v) is 11.5. The van der Waals surface area contributed by atoms with Gasteiger partial charge in [-0.05, 0) is 50.1 Å². The molecule has 216 valence electrons. The number of hydrogen-bond acceptors (Lipinski definition) is 3. The van der Waals surface area contributed by atoms with Gasteiger partial charge in [0.1, 0.15) is 0 Å². The van der Waals surface area contributed by atoms with Gasteiger partial charge in [0, 0.05) is 12.3 Å². The first-order valence-corrected chi connectivity index (χ1v) is 16.7. The summed E-state index contributed by atoms with van der Waals surface area (Å²) in [6.45, 7) is 9.80. The van der Waals surface area contributed by atoms with Crippen LogP contribution in [0.4, 0.5) is 0 Å². The molecule has 0 aromatic carbocycles. The number of rotatable bonds is 26. The van der Waals surface area contributed by atoms with Crippen molar-refractivity contribution >= 4 is 34.5 Å². The van der Waals surface area contributed by atoms with Crippen LogP contribution in [0, 0.1) is 5.92 Å². The van der Waals surface area contributed by atoms with E-state index < -0.39 is 0 Å². The van der Waals surface area contributed by atoms with Crippen LogP contribution in [0.3, 0.4) is 0 Å². The van der Waals surface area contributed by atoms with Gasteiger partial charge in [-0.3, -0.25) is 0 Å². The molecule has 1 atom stereocenters. The minimum Gasteiger partial charge on any atom is -0.502 e. The van der Waals surface area contributed by atoms with Crippen LogP contribution in [-0.4, -0.2) is 21.8 Å². The molecule has 2 nitrogen and oxygen atoms in total. The Morgan fingerprint density at radius 3 is 1.33 bits per heavy atom. The van der Waals surface area contributed by atoms with Crippen molar-refractivity contribution in [3.05, 3.63) is 0 Å². The number of unbranched alkanes of at least 4 members (excludes halogenated alkanes) is 17.